The van der Waals surface area contributed by atoms with Gasteiger partial charge in [0, 0.05) is 5.02 Å². The number of benzene rings is 3. The van der Waals surface area contributed by atoms with Crippen LogP contribution in [0.2, 0.25) is 10.0 Å². The van der Waals surface area contributed by atoms with E-state index in [0.29, 0.717) is 34.8 Å². The molecule has 0 saturated carbocycles. The largest absolute Gasteiger partial charge is 0.490 e. The Hall–Kier alpha value is -3.67. The molecule has 0 unspecified atom stereocenters. The molecule has 0 atom stereocenters. The van der Waals surface area contributed by atoms with E-state index >= 15 is 0 Å². The SMILES string of the molecule is CCOc1cc(C=C(C#N)C(=O)Nc2cc(C(F)(F)F)ccc2Cl)ccc1OCc1ccc(Cl)cc1. The highest BCUT2D eigenvalue weighted by atomic mass is 35.5. The number of amides is 1. The van der Waals surface area contributed by atoms with Gasteiger partial charge in [-0.05, 0) is 66.6 Å². The summed E-state index contributed by atoms with van der Waals surface area (Å²) < 4.78 is 50.5. The van der Waals surface area contributed by atoms with Gasteiger partial charge in [-0.25, -0.2) is 0 Å². The van der Waals surface area contributed by atoms with Crippen LogP contribution in [-0.4, -0.2) is 12.5 Å². The standard InChI is InChI=1S/C26H19Cl2F3N2O3/c1-2-35-24-12-17(5-10-23(24)36-15-16-3-7-20(27)8-4-16)11-18(14-32)25(34)33-22-13-19(26(29,30)31)6-9-21(22)28/h3-13H,2,15H2,1H3,(H,33,34). The molecular formula is C26H19Cl2F3N2O3. The number of nitrogens with zero attached hydrogens (tertiary/aromatic N) is 1. The third-order valence-electron chi connectivity index (χ3n) is 4.79. The second kappa shape index (κ2) is 11.8. The highest BCUT2D eigenvalue weighted by molar-refractivity contribution is 6.34. The average Bonchev–Trinajstić information content (AvgIpc) is 2.83. The number of hydrogen-bond donors (Lipinski definition) is 1. The number of nitrogens with one attached hydrogen (secondary N) is 1. The molecule has 0 saturated heterocycles. The Morgan fingerprint density at radius 3 is 2.39 bits per heavy atom. The van der Waals surface area contributed by atoms with E-state index in [4.69, 9.17) is 32.7 Å². The monoisotopic (exact) mass is 534 g/mol. The molecule has 0 aromatic heterocycles. The normalized spacial score (nSPS) is 11.5. The number of rotatable bonds is 8. The van der Waals surface area contributed by atoms with E-state index in [0.717, 1.165) is 17.7 Å². The van der Waals surface area contributed by atoms with E-state index in [1.54, 1.807) is 43.3 Å². The van der Waals surface area contributed by atoms with Gasteiger partial charge in [-0.3, -0.25) is 4.79 Å². The summed E-state index contributed by atoms with van der Waals surface area (Å²) in [4.78, 5) is 12.6. The van der Waals surface area contributed by atoms with Crippen molar-refractivity contribution in [3.05, 3.63) is 93.0 Å². The number of halogens is 5. The van der Waals surface area contributed by atoms with Crippen LogP contribution >= 0.6 is 23.2 Å². The quantitative estimate of drug-likeness (QED) is 0.239. The van der Waals surface area contributed by atoms with Gasteiger partial charge in [0.25, 0.3) is 5.91 Å². The molecule has 0 bridgehead atoms. The fourth-order valence-electron chi connectivity index (χ4n) is 3.05. The van der Waals surface area contributed by atoms with E-state index in [2.05, 4.69) is 5.32 Å². The fraction of sp³-hybridized carbons (Fsp3) is 0.154. The molecule has 36 heavy (non-hydrogen) atoms. The first kappa shape index (κ1) is 26.9. The number of carbonyl (C=O) groups is 1. The van der Waals surface area contributed by atoms with E-state index in [-0.39, 0.29) is 22.9 Å². The Morgan fingerprint density at radius 2 is 1.75 bits per heavy atom. The number of nitriles is 1. The van der Waals surface area contributed by atoms with Crippen LogP contribution in [0.1, 0.15) is 23.6 Å². The summed E-state index contributed by atoms with van der Waals surface area (Å²) in [6.45, 7) is 2.39. The minimum Gasteiger partial charge on any atom is -0.490 e. The van der Waals surface area contributed by atoms with Gasteiger partial charge < -0.3 is 14.8 Å². The van der Waals surface area contributed by atoms with Gasteiger partial charge in [0.15, 0.2) is 11.5 Å². The van der Waals surface area contributed by atoms with Crippen LogP contribution in [0.3, 0.4) is 0 Å². The maximum atomic E-state index is 13.0. The number of carbonyl (C=O) groups excluding carboxylic acids is 1. The van der Waals surface area contributed by atoms with Crippen LogP contribution in [0.5, 0.6) is 11.5 Å². The molecule has 0 aliphatic heterocycles. The Kier molecular flexibility index (Phi) is 8.86. The van der Waals surface area contributed by atoms with Crippen molar-refractivity contribution in [2.45, 2.75) is 19.7 Å². The summed E-state index contributed by atoms with van der Waals surface area (Å²) in [5.74, 6) is -0.0822. The summed E-state index contributed by atoms with van der Waals surface area (Å²) in [5.41, 5.74) is -0.263. The van der Waals surface area contributed by atoms with E-state index in [1.165, 1.54) is 6.08 Å². The molecule has 1 N–H and O–H groups in total. The molecule has 3 aromatic carbocycles. The van der Waals surface area contributed by atoms with Gasteiger partial charge in [0.2, 0.25) is 0 Å². The molecule has 0 aliphatic rings. The Labute approximate surface area is 215 Å². The lowest BCUT2D eigenvalue weighted by Gasteiger charge is -2.13. The minimum absolute atomic E-state index is 0.102. The topological polar surface area (TPSA) is 71.3 Å². The predicted molar refractivity (Wildman–Crippen MR) is 132 cm³/mol. The fourth-order valence-corrected chi connectivity index (χ4v) is 3.34. The Morgan fingerprint density at radius 1 is 1.03 bits per heavy atom. The van der Waals surface area contributed by atoms with E-state index in [9.17, 15) is 23.2 Å². The van der Waals surface area contributed by atoms with Crippen LogP contribution in [0.4, 0.5) is 18.9 Å². The van der Waals surface area contributed by atoms with Gasteiger partial charge in [-0.1, -0.05) is 41.4 Å². The van der Waals surface area contributed by atoms with Crippen LogP contribution < -0.4 is 14.8 Å². The number of anilines is 1. The molecule has 0 fully saturated rings. The molecule has 0 aliphatic carbocycles. The van der Waals surface area contributed by atoms with E-state index < -0.39 is 17.6 Å². The van der Waals surface area contributed by atoms with Gasteiger partial charge in [-0.2, -0.15) is 18.4 Å². The van der Waals surface area contributed by atoms with E-state index in [1.807, 2.05) is 12.1 Å². The first-order valence-corrected chi connectivity index (χ1v) is 11.3. The van der Waals surface area contributed by atoms with Crippen LogP contribution in [-0.2, 0) is 17.6 Å². The summed E-state index contributed by atoms with van der Waals surface area (Å²) in [6, 6.07) is 16.3. The van der Waals surface area contributed by atoms with Gasteiger partial charge in [0.05, 0.1) is 22.9 Å². The summed E-state index contributed by atoms with van der Waals surface area (Å²) in [7, 11) is 0. The van der Waals surface area contributed by atoms with Crippen molar-refractivity contribution in [1.29, 1.82) is 5.26 Å². The molecule has 10 heteroatoms. The van der Waals surface area contributed by atoms with Gasteiger partial charge in [-0.15, -0.1) is 0 Å². The molecule has 1 amide bonds. The zero-order chi connectivity index (χ0) is 26.3. The van der Waals surface area contributed by atoms with Crippen LogP contribution in [0, 0.1) is 11.3 Å². The molecule has 3 aromatic rings. The Bertz CT molecular complexity index is 1320. The number of ether oxygens (including phenoxy) is 2. The zero-order valence-electron chi connectivity index (χ0n) is 18.8. The summed E-state index contributed by atoms with van der Waals surface area (Å²) in [5, 5.41) is 12.3. The zero-order valence-corrected chi connectivity index (χ0v) is 20.3. The molecule has 186 valence electrons. The van der Waals surface area contributed by atoms with Crippen molar-refractivity contribution in [3.63, 3.8) is 0 Å². The Balaban J connectivity index is 1.81. The molecule has 5 nitrogen and oxygen atoms in total. The number of hydrogen-bond acceptors (Lipinski definition) is 4. The third kappa shape index (κ3) is 7.17. The van der Waals surface area contributed by atoms with Crippen LogP contribution in [0.25, 0.3) is 6.08 Å². The summed E-state index contributed by atoms with van der Waals surface area (Å²) in [6.07, 6.45) is -3.34. The molecular weight excluding hydrogens is 516 g/mol. The first-order valence-electron chi connectivity index (χ1n) is 10.5. The maximum Gasteiger partial charge on any atom is 0.416 e. The molecule has 0 heterocycles. The lowest BCUT2D eigenvalue weighted by Crippen LogP contribution is -2.15. The highest BCUT2D eigenvalue weighted by Gasteiger charge is 2.31. The van der Waals surface area contributed by atoms with Crippen molar-refractivity contribution < 1.29 is 27.4 Å². The molecule has 0 radical (unpaired) electrons. The van der Waals surface area contributed by atoms with Gasteiger partial charge in [0.1, 0.15) is 18.2 Å². The molecule has 3 rings (SSSR count). The average molecular weight is 535 g/mol. The van der Waals surface area contributed by atoms with Crippen molar-refractivity contribution in [2.24, 2.45) is 0 Å². The van der Waals surface area contributed by atoms with Crippen molar-refractivity contribution in [1.82, 2.24) is 0 Å². The van der Waals surface area contributed by atoms with Gasteiger partial charge >= 0.3 is 6.18 Å². The maximum absolute atomic E-state index is 13.0. The lowest BCUT2D eigenvalue weighted by atomic mass is 10.1. The molecule has 0 spiro atoms. The van der Waals surface area contributed by atoms with Crippen molar-refractivity contribution in [3.8, 4) is 17.6 Å². The first-order chi connectivity index (χ1) is 17.1. The predicted octanol–water partition coefficient (Wildman–Crippen LogP) is 7.54. The van der Waals surface area contributed by atoms with Crippen molar-refractivity contribution in [2.75, 3.05) is 11.9 Å². The number of alkyl halides is 3. The van der Waals surface area contributed by atoms with Crippen LogP contribution in [0.15, 0.2) is 66.2 Å². The minimum atomic E-state index is -4.62. The third-order valence-corrected chi connectivity index (χ3v) is 5.37. The summed E-state index contributed by atoms with van der Waals surface area (Å²) >= 11 is 11.8. The highest BCUT2D eigenvalue weighted by Crippen LogP contribution is 2.34. The lowest BCUT2D eigenvalue weighted by molar-refractivity contribution is -0.137. The second-order valence-corrected chi connectivity index (χ2v) is 8.21. The van der Waals surface area contributed by atoms with Crippen molar-refractivity contribution >= 4 is 40.9 Å². The second-order valence-electron chi connectivity index (χ2n) is 7.37. The smallest absolute Gasteiger partial charge is 0.416 e.